The fourth-order valence-electron chi connectivity index (χ4n) is 1.81. The summed E-state index contributed by atoms with van der Waals surface area (Å²) in [4.78, 5) is 4.11. The van der Waals surface area contributed by atoms with Gasteiger partial charge in [-0.3, -0.25) is 0 Å². The van der Waals surface area contributed by atoms with Gasteiger partial charge < -0.3 is 0 Å². The van der Waals surface area contributed by atoms with Crippen molar-refractivity contribution in [2.75, 3.05) is 0 Å². The molecule has 0 aliphatic rings. The first-order chi connectivity index (χ1) is 8.93. The molecule has 2 aromatic carbocycles. The van der Waals surface area contributed by atoms with E-state index in [1.807, 2.05) is 48.5 Å². The standard InChI is InChI=1S/C15H11N3/c1-2-8-13-12(6-1)7-5-9-14(13)17-18-15-10-3-4-11-16-15/h1-11H/b18-17+. The molecule has 0 N–H and O–H groups in total. The van der Waals surface area contributed by atoms with E-state index in [1.54, 1.807) is 6.20 Å². The molecule has 18 heavy (non-hydrogen) atoms. The fraction of sp³-hybridized carbons (Fsp3) is 0. The molecule has 0 spiro atoms. The largest absolute Gasteiger partial charge is 0.236 e. The second kappa shape index (κ2) is 4.75. The van der Waals surface area contributed by atoms with E-state index in [9.17, 15) is 0 Å². The van der Waals surface area contributed by atoms with Crippen LogP contribution in [0.15, 0.2) is 77.1 Å². The molecule has 0 saturated heterocycles. The molecular formula is C15H11N3. The Hall–Kier alpha value is -2.55. The van der Waals surface area contributed by atoms with Crippen molar-refractivity contribution < 1.29 is 0 Å². The maximum absolute atomic E-state index is 4.27. The Kier molecular flexibility index (Phi) is 2.80. The van der Waals surface area contributed by atoms with Gasteiger partial charge in [-0.05, 0) is 23.6 Å². The van der Waals surface area contributed by atoms with Crippen LogP contribution in [0.4, 0.5) is 11.5 Å². The van der Waals surface area contributed by atoms with Crippen LogP contribution in [-0.4, -0.2) is 4.98 Å². The van der Waals surface area contributed by atoms with Gasteiger partial charge in [-0.25, -0.2) is 4.98 Å². The molecule has 1 aromatic heterocycles. The average Bonchev–Trinajstić information content (AvgIpc) is 2.46. The van der Waals surface area contributed by atoms with Crippen LogP contribution in [0.25, 0.3) is 10.8 Å². The van der Waals surface area contributed by atoms with E-state index in [4.69, 9.17) is 0 Å². The van der Waals surface area contributed by atoms with Gasteiger partial charge in [0.25, 0.3) is 0 Å². The minimum Gasteiger partial charge on any atom is -0.236 e. The fourth-order valence-corrected chi connectivity index (χ4v) is 1.81. The lowest BCUT2D eigenvalue weighted by atomic mass is 10.1. The zero-order valence-corrected chi connectivity index (χ0v) is 9.69. The highest BCUT2D eigenvalue weighted by molar-refractivity contribution is 5.92. The van der Waals surface area contributed by atoms with Gasteiger partial charge in [0, 0.05) is 11.6 Å². The number of rotatable bonds is 2. The zero-order chi connectivity index (χ0) is 12.2. The summed E-state index contributed by atoms with van der Waals surface area (Å²) >= 11 is 0. The highest BCUT2D eigenvalue weighted by Gasteiger charge is 1.98. The first kappa shape index (κ1) is 10.6. The van der Waals surface area contributed by atoms with Gasteiger partial charge in [-0.15, -0.1) is 10.2 Å². The third kappa shape index (κ3) is 2.11. The number of hydrogen-bond donors (Lipinski definition) is 0. The Morgan fingerprint density at radius 2 is 1.56 bits per heavy atom. The number of aromatic nitrogens is 1. The van der Waals surface area contributed by atoms with E-state index in [1.165, 1.54) is 0 Å². The minimum absolute atomic E-state index is 0.616. The van der Waals surface area contributed by atoms with Crippen LogP contribution in [0.5, 0.6) is 0 Å². The van der Waals surface area contributed by atoms with Crippen molar-refractivity contribution in [2.45, 2.75) is 0 Å². The minimum atomic E-state index is 0.616. The summed E-state index contributed by atoms with van der Waals surface area (Å²) in [5, 5.41) is 10.7. The van der Waals surface area contributed by atoms with Crippen LogP contribution in [0.3, 0.4) is 0 Å². The van der Waals surface area contributed by atoms with Crippen molar-refractivity contribution in [3.05, 3.63) is 66.9 Å². The molecule has 0 aliphatic carbocycles. The second-order valence-corrected chi connectivity index (χ2v) is 3.89. The topological polar surface area (TPSA) is 37.6 Å². The van der Waals surface area contributed by atoms with Gasteiger partial charge in [0.15, 0.2) is 5.82 Å². The molecule has 0 amide bonds. The van der Waals surface area contributed by atoms with Crippen LogP contribution in [0, 0.1) is 0 Å². The van der Waals surface area contributed by atoms with E-state index in [-0.39, 0.29) is 0 Å². The lowest BCUT2D eigenvalue weighted by Gasteiger charge is -1.99. The zero-order valence-electron chi connectivity index (χ0n) is 9.69. The summed E-state index contributed by atoms with van der Waals surface area (Å²) in [7, 11) is 0. The van der Waals surface area contributed by atoms with E-state index >= 15 is 0 Å². The first-order valence-electron chi connectivity index (χ1n) is 5.74. The Bertz CT molecular complexity index is 685. The molecule has 3 heteroatoms. The molecule has 86 valence electrons. The van der Waals surface area contributed by atoms with Gasteiger partial charge >= 0.3 is 0 Å². The number of hydrogen-bond acceptors (Lipinski definition) is 3. The highest BCUT2D eigenvalue weighted by Crippen LogP contribution is 2.26. The maximum Gasteiger partial charge on any atom is 0.174 e. The van der Waals surface area contributed by atoms with Crippen LogP contribution >= 0.6 is 0 Å². The predicted octanol–water partition coefficient (Wildman–Crippen LogP) is 4.65. The van der Waals surface area contributed by atoms with Crippen LogP contribution < -0.4 is 0 Å². The van der Waals surface area contributed by atoms with Gasteiger partial charge in [0.1, 0.15) is 0 Å². The number of nitrogens with zero attached hydrogens (tertiary/aromatic N) is 3. The number of azo groups is 1. The molecule has 3 rings (SSSR count). The van der Waals surface area contributed by atoms with Gasteiger partial charge in [0.05, 0.1) is 5.69 Å². The number of pyridine rings is 1. The van der Waals surface area contributed by atoms with Crippen LogP contribution in [-0.2, 0) is 0 Å². The predicted molar refractivity (Wildman–Crippen MR) is 72.4 cm³/mol. The Morgan fingerprint density at radius 3 is 2.44 bits per heavy atom. The van der Waals surface area contributed by atoms with E-state index in [0.717, 1.165) is 16.5 Å². The van der Waals surface area contributed by atoms with E-state index in [0.29, 0.717) is 5.82 Å². The van der Waals surface area contributed by atoms with E-state index < -0.39 is 0 Å². The van der Waals surface area contributed by atoms with Crippen molar-refractivity contribution in [1.82, 2.24) is 4.98 Å². The molecule has 0 radical (unpaired) electrons. The molecule has 0 fully saturated rings. The third-order valence-electron chi connectivity index (χ3n) is 2.68. The second-order valence-electron chi connectivity index (χ2n) is 3.89. The molecule has 3 nitrogen and oxygen atoms in total. The lowest BCUT2D eigenvalue weighted by Crippen LogP contribution is -1.73. The Balaban J connectivity index is 2.03. The third-order valence-corrected chi connectivity index (χ3v) is 2.68. The molecule has 3 aromatic rings. The molecule has 1 heterocycles. The Morgan fingerprint density at radius 1 is 0.722 bits per heavy atom. The summed E-state index contributed by atoms with van der Waals surface area (Å²) in [6, 6.07) is 19.7. The summed E-state index contributed by atoms with van der Waals surface area (Å²) in [5.41, 5.74) is 0.860. The average molecular weight is 233 g/mol. The maximum atomic E-state index is 4.27. The van der Waals surface area contributed by atoms with Crippen LogP contribution in [0.2, 0.25) is 0 Å². The highest BCUT2D eigenvalue weighted by atomic mass is 15.1. The number of benzene rings is 2. The molecule has 0 unspecified atom stereocenters. The summed E-state index contributed by atoms with van der Waals surface area (Å²) < 4.78 is 0. The molecule has 0 aliphatic heterocycles. The monoisotopic (exact) mass is 233 g/mol. The quantitative estimate of drug-likeness (QED) is 0.593. The van der Waals surface area contributed by atoms with Crippen molar-refractivity contribution >= 4 is 22.3 Å². The van der Waals surface area contributed by atoms with Gasteiger partial charge in [-0.2, -0.15) is 0 Å². The van der Waals surface area contributed by atoms with Crippen molar-refractivity contribution in [1.29, 1.82) is 0 Å². The lowest BCUT2D eigenvalue weighted by molar-refractivity contribution is 1.16. The summed E-state index contributed by atoms with van der Waals surface area (Å²) in [6.45, 7) is 0. The van der Waals surface area contributed by atoms with Crippen molar-refractivity contribution in [3.63, 3.8) is 0 Å². The summed E-state index contributed by atoms with van der Waals surface area (Å²) in [6.07, 6.45) is 1.71. The SMILES string of the molecule is c1ccc(/N=N/c2cccc3ccccc23)nc1. The molecular weight excluding hydrogens is 222 g/mol. The molecule has 0 saturated carbocycles. The summed E-state index contributed by atoms with van der Waals surface area (Å²) in [5.74, 6) is 0.616. The first-order valence-corrected chi connectivity index (χ1v) is 5.74. The van der Waals surface area contributed by atoms with Gasteiger partial charge in [-0.1, -0.05) is 42.5 Å². The smallest absolute Gasteiger partial charge is 0.174 e. The van der Waals surface area contributed by atoms with Crippen molar-refractivity contribution in [2.24, 2.45) is 10.2 Å². The normalized spacial score (nSPS) is 11.1. The Labute approximate surface area is 105 Å². The van der Waals surface area contributed by atoms with Gasteiger partial charge in [0.2, 0.25) is 0 Å². The van der Waals surface area contributed by atoms with Crippen LogP contribution in [0.1, 0.15) is 0 Å². The molecule has 0 atom stereocenters. The molecule has 0 bridgehead atoms. The number of fused-ring (bicyclic) bond motifs is 1. The van der Waals surface area contributed by atoms with Crippen molar-refractivity contribution in [3.8, 4) is 0 Å². The van der Waals surface area contributed by atoms with E-state index in [2.05, 4.69) is 27.3 Å².